The Kier molecular flexibility index (Phi) is 5.74. The Bertz CT molecular complexity index is 437. The number of hydrogen-bond donors (Lipinski definition) is 1. The summed E-state index contributed by atoms with van der Waals surface area (Å²) in [6.07, 6.45) is 2.33. The second kappa shape index (κ2) is 6.58. The smallest absolute Gasteiger partial charge is 0.211 e. The summed E-state index contributed by atoms with van der Waals surface area (Å²) >= 11 is 4.94. The molecule has 0 spiro atoms. The number of nitrogens with zero attached hydrogens (tertiary/aromatic N) is 1. The number of aromatic nitrogens is 1. The first kappa shape index (κ1) is 14.0. The van der Waals surface area contributed by atoms with Crippen molar-refractivity contribution in [2.24, 2.45) is 0 Å². The zero-order valence-electron chi connectivity index (χ0n) is 8.81. The predicted octanol–water partition coefficient (Wildman–Crippen LogP) is 1.88. The standard InChI is InChI=1S/C9H13BrN2O2S2/c1-11-16(13,14)7-3-6-15-9-8(10)4-2-5-12-9/h2,4-5,11H,3,6-7H2,1H3. The van der Waals surface area contributed by atoms with Crippen LogP contribution in [0.25, 0.3) is 0 Å². The van der Waals surface area contributed by atoms with E-state index in [0.29, 0.717) is 6.42 Å². The highest BCUT2D eigenvalue weighted by Gasteiger charge is 2.07. The molecule has 0 amide bonds. The average Bonchev–Trinajstić information content (AvgIpc) is 2.27. The van der Waals surface area contributed by atoms with Gasteiger partial charge >= 0.3 is 0 Å². The highest BCUT2D eigenvalue weighted by molar-refractivity contribution is 9.10. The van der Waals surface area contributed by atoms with Gasteiger partial charge in [0, 0.05) is 16.4 Å². The number of nitrogens with one attached hydrogen (secondary N) is 1. The molecule has 0 radical (unpaired) electrons. The van der Waals surface area contributed by atoms with Gasteiger partial charge in [0.2, 0.25) is 10.0 Å². The first-order chi connectivity index (χ1) is 7.55. The van der Waals surface area contributed by atoms with Gasteiger partial charge < -0.3 is 0 Å². The lowest BCUT2D eigenvalue weighted by molar-refractivity contribution is 0.587. The molecular weight excluding hydrogens is 312 g/mol. The molecule has 0 atom stereocenters. The van der Waals surface area contributed by atoms with E-state index >= 15 is 0 Å². The van der Waals surface area contributed by atoms with Crippen molar-refractivity contribution < 1.29 is 8.42 Å². The molecule has 7 heteroatoms. The Morgan fingerprint density at radius 1 is 1.56 bits per heavy atom. The topological polar surface area (TPSA) is 59.1 Å². The molecule has 0 bridgehead atoms. The lowest BCUT2D eigenvalue weighted by Gasteiger charge is -2.03. The minimum atomic E-state index is -3.08. The van der Waals surface area contributed by atoms with Crippen LogP contribution in [-0.2, 0) is 10.0 Å². The number of thioether (sulfide) groups is 1. The zero-order chi connectivity index (χ0) is 12.0. The first-order valence-corrected chi connectivity index (χ1v) is 8.13. The largest absolute Gasteiger partial charge is 0.249 e. The molecule has 1 N–H and O–H groups in total. The number of rotatable bonds is 6. The number of hydrogen-bond acceptors (Lipinski definition) is 4. The average molecular weight is 325 g/mol. The molecule has 16 heavy (non-hydrogen) atoms. The fraction of sp³-hybridized carbons (Fsp3) is 0.444. The van der Waals surface area contributed by atoms with Crippen molar-refractivity contribution in [2.75, 3.05) is 18.6 Å². The monoisotopic (exact) mass is 324 g/mol. The van der Waals surface area contributed by atoms with E-state index in [1.165, 1.54) is 7.05 Å². The van der Waals surface area contributed by atoms with Gasteiger partial charge in [0.25, 0.3) is 0 Å². The summed E-state index contributed by atoms with van der Waals surface area (Å²) in [5, 5.41) is 0.893. The van der Waals surface area contributed by atoms with Crippen molar-refractivity contribution in [3.8, 4) is 0 Å². The lowest BCUT2D eigenvalue weighted by Crippen LogP contribution is -2.22. The summed E-state index contributed by atoms with van der Waals surface area (Å²) in [6.45, 7) is 0. The highest BCUT2D eigenvalue weighted by atomic mass is 79.9. The van der Waals surface area contributed by atoms with E-state index in [-0.39, 0.29) is 5.75 Å². The summed E-state index contributed by atoms with van der Waals surface area (Å²) in [4.78, 5) is 4.18. The van der Waals surface area contributed by atoms with Gasteiger partial charge in [-0.3, -0.25) is 0 Å². The van der Waals surface area contributed by atoms with Crippen LogP contribution in [0.1, 0.15) is 6.42 Å². The van der Waals surface area contributed by atoms with Crippen LogP contribution in [-0.4, -0.2) is 32.0 Å². The van der Waals surface area contributed by atoms with Crippen LogP contribution in [0.5, 0.6) is 0 Å². The van der Waals surface area contributed by atoms with Gasteiger partial charge in [0.05, 0.1) is 5.75 Å². The molecule has 0 unspecified atom stereocenters. The van der Waals surface area contributed by atoms with E-state index in [2.05, 4.69) is 25.6 Å². The van der Waals surface area contributed by atoms with Gasteiger partial charge in [-0.15, -0.1) is 11.8 Å². The molecule has 1 rings (SSSR count). The van der Waals surface area contributed by atoms with Crippen molar-refractivity contribution in [1.29, 1.82) is 0 Å². The maximum absolute atomic E-state index is 11.1. The summed E-state index contributed by atoms with van der Waals surface area (Å²) in [5.41, 5.74) is 0. The quantitative estimate of drug-likeness (QED) is 0.641. The second-order valence-corrected chi connectivity index (χ2v) is 7.00. The van der Waals surface area contributed by atoms with Crippen molar-refractivity contribution in [3.05, 3.63) is 22.8 Å². The Balaban J connectivity index is 2.35. The predicted molar refractivity (Wildman–Crippen MR) is 70.1 cm³/mol. The van der Waals surface area contributed by atoms with E-state index in [4.69, 9.17) is 0 Å². The van der Waals surface area contributed by atoms with Crippen LogP contribution in [0.3, 0.4) is 0 Å². The van der Waals surface area contributed by atoms with Crippen LogP contribution in [0.15, 0.2) is 27.8 Å². The molecule has 0 fully saturated rings. The molecular formula is C9H13BrN2O2S2. The van der Waals surface area contributed by atoms with Crippen LogP contribution < -0.4 is 4.72 Å². The van der Waals surface area contributed by atoms with Gasteiger partial charge in [-0.1, -0.05) is 0 Å². The molecule has 90 valence electrons. The van der Waals surface area contributed by atoms with Crippen molar-refractivity contribution in [3.63, 3.8) is 0 Å². The molecule has 4 nitrogen and oxygen atoms in total. The van der Waals surface area contributed by atoms with Crippen LogP contribution in [0.4, 0.5) is 0 Å². The normalized spacial score (nSPS) is 11.6. The summed E-state index contributed by atoms with van der Waals surface area (Å²) in [7, 11) is -1.65. The number of halogens is 1. The molecule has 1 heterocycles. The SMILES string of the molecule is CNS(=O)(=O)CCCSc1ncccc1Br. The Morgan fingerprint density at radius 3 is 2.94 bits per heavy atom. The summed E-state index contributed by atoms with van der Waals surface area (Å²) in [6, 6.07) is 3.76. The maximum Gasteiger partial charge on any atom is 0.211 e. The minimum absolute atomic E-state index is 0.154. The highest BCUT2D eigenvalue weighted by Crippen LogP contribution is 2.24. The van der Waals surface area contributed by atoms with E-state index in [0.717, 1.165) is 15.3 Å². The van der Waals surface area contributed by atoms with Crippen molar-refractivity contribution >= 4 is 37.7 Å². The van der Waals surface area contributed by atoms with Crippen molar-refractivity contribution in [2.45, 2.75) is 11.4 Å². The molecule has 1 aromatic heterocycles. The third-order valence-corrected chi connectivity index (χ3v) is 5.27. The molecule has 0 aliphatic carbocycles. The fourth-order valence-corrected chi connectivity index (χ4v) is 3.33. The molecule has 0 saturated carbocycles. The van der Waals surface area contributed by atoms with E-state index in [1.807, 2.05) is 12.1 Å². The molecule has 0 aliphatic rings. The van der Waals surface area contributed by atoms with Crippen molar-refractivity contribution in [1.82, 2.24) is 9.71 Å². The van der Waals surface area contributed by atoms with Gasteiger partial charge in [-0.25, -0.2) is 18.1 Å². The fourth-order valence-electron chi connectivity index (χ4n) is 0.997. The van der Waals surface area contributed by atoms with Crippen LogP contribution in [0.2, 0.25) is 0 Å². The third-order valence-electron chi connectivity index (χ3n) is 1.83. The van der Waals surface area contributed by atoms with Gasteiger partial charge in [-0.05, 0) is 41.5 Å². The third kappa shape index (κ3) is 4.82. The first-order valence-electron chi connectivity index (χ1n) is 4.70. The van der Waals surface area contributed by atoms with Crippen LogP contribution >= 0.6 is 27.7 Å². The molecule has 0 saturated heterocycles. The molecule has 0 aromatic carbocycles. The summed E-state index contributed by atoms with van der Waals surface area (Å²) in [5.74, 6) is 0.886. The van der Waals surface area contributed by atoms with Gasteiger partial charge in [0.1, 0.15) is 5.03 Å². The number of sulfonamides is 1. The zero-order valence-corrected chi connectivity index (χ0v) is 12.0. The molecule has 1 aromatic rings. The molecule has 0 aliphatic heterocycles. The lowest BCUT2D eigenvalue weighted by atomic mass is 10.5. The maximum atomic E-state index is 11.1. The van der Waals surface area contributed by atoms with E-state index in [9.17, 15) is 8.42 Å². The minimum Gasteiger partial charge on any atom is -0.249 e. The van der Waals surface area contributed by atoms with Crippen LogP contribution in [0, 0.1) is 0 Å². The van der Waals surface area contributed by atoms with Gasteiger partial charge in [-0.2, -0.15) is 0 Å². The number of pyridine rings is 1. The van der Waals surface area contributed by atoms with Gasteiger partial charge in [0.15, 0.2) is 0 Å². The summed E-state index contributed by atoms with van der Waals surface area (Å²) < 4.78 is 25.5. The Labute approximate surface area is 108 Å². The second-order valence-electron chi connectivity index (χ2n) is 3.02. The van der Waals surface area contributed by atoms with E-state index < -0.39 is 10.0 Å². The Morgan fingerprint density at radius 2 is 2.31 bits per heavy atom. The van der Waals surface area contributed by atoms with E-state index in [1.54, 1.807) is 18.0 Å². The Hall–Kier alpha value is -0.110.